The van der Waals surface area contributed by atoms with Gasteiger partial charge < -0.3 is 15.2 Å². The first-order valence-electron chi connectivity index (χ1n) is 8.77. The van der Waals surface area contributed by atoms with E-state index in [1.165, 1.54) is 0 Å². The number of aryl methyl sites for hydroxylation is 1. The van der Waals surface area contributed by atoms with Crippen molar-refractivity contribution in [3.63, 3.8) is 0 Å². The zero-order chi connectivity index (χ0) is 16.9. The second-order valence-electron chi connectivity index (χ2n) is 6.74. The SMILES string of the molecule is Cc1cccc(C(=O)CCN2CCC(C3=CC=CCN3[O-])CC2)c1. The second kappa shape index (κ2) is 7.77. The van der Waals surface area contributed by atoms with Gasteiger partial charge in [0, 0.05) is 36.7 Å². The van der Waals surface area contributed by atoms with Crippen LogP contribution in [0.4, 0.5) is 0 Å². The molecule has 0 bridgehead atoms. The standard InChI is InChI=1S/C20H25N2O2/c1-16-5-4-6-18(15-16)20(23)10-14-21-12-8-17(9-13-21)19-7-2-3-11-22(19)24/h2-7,15,17H,8-14H2,1H3/q-1. The number of likely N-dealkylation sites (tertiary alicyclic amines) is 1. The van der Waals surface area contributed by atoms with Crippen LogP contribution in [0.5, 0.6) is 0 Å². The maximum atomic E-state index is 12.3. The predicted molar refractivity (Wildman–Crippen MR) is 96.6 cm³/mol. The Morgan fingerprint density at radius 3 is 2.79 bits per heavy atom. The number of carbonyl (C=O) groups excluding carboxylic acids is 1. The van der Waals surface area contributed by atoms with Crippen LogP contribution < -0.4 is 0 Å². The van der Waals surface area contributed by atoms with Crippen LogP contribution in [0.25, 0.3) is 0 Å². The van der Waals surface area contributed by atoms with Gasteiger partial charge in [0.2, 0.25) is 0 Å². The summed E-state index contributed by atoms with van der Waals surface area (Å²) in [5.41, 5.74) is 2.86. The molecule has 128 valence electrons. The molecule has 2 heterocycles. The molecular formula is C20H25N2O2-. The average Bonchev–Trinajstić information content (AvgIpc) is 2.61. The van der Waals surface area contributed by atoms with Crippen molar-refractivity contribution in [3.8, 4) is 0 Å². The molecule has 4 heteroatoms. The number of nitrogens with zero attached hydrogens (tertiary/aromatic N) is 2. The number of hydrogen-bond donors (Lipinski definition) is 0. The topological polar surface area (TPSA) is 46.6 Å². The Labute approximate surface area is 144 Å². The number of hydrogen-bond acceptors (Lipinski definition) is 4. The van der Waals surface area contributed by atoms with Crippen LogP contribution in [-0.2, 0) is 0 Å². The Morgan fingerprint density at radius 1 is 1.29 bits per heavy atom. The fraction of sp³-hybridized carbons (Fsp3) is 0.450. The molecule has 2 aliphatic rings. The van der Waals surface area contributed by atoms with Gasteiger partial charge in [-0.05, 0) is 45.0 Å². The van der Waals surface area contributed by atoms with E-state index < -0.39 is 0 Å². The Balaban J connectivity index is 1.46. The number of benzene rings is 1. The first-order chi connectivity index (χ1) is 11.6. The third-order valence-electron chi connectivity index (χ3n) is 4.96. The number of rotatable bonds is 5. The van der Waals surface area contributed by atoms with Crippen molar-refractivity contribution in [2.75, 3.05) is 26.2 Å². The fourth-order valence-electron chi connectivity index (χ4n) is 3.53. The van der Waals surface area contributed by atoms with E-state index in [0.717, 1.165) is 54.4 Å². The summed E-state index contributed by atoms with van der Waals surface area (Å²) in [7, 11) is 0. The lowest BCUT2D eigenvalue weighted by atomic mass is 9.92. The van der Waals surface area contributed by atoms with E-state index in [4.69, 9.17) is 0 Å². The highest BCUT2D eigenvalue weighted by molar-refractivity contribution is 5.96. The van der Waals surface area contributed by atoms with Gasteiger partial charge in [-0.2, -0.15) is 0 Å². The van der Waals surface area contributed by atoms with E-state index in [2.05, 4.69) is 4.90 Å². The Bertz CT molecular complexity index is 643. The van der Waals surface area contributed by atoms with Crippen LogP contribution >= 0.6 is 0 Å². The van der Waals surface area contributed by atoms with E-state index in [0.29, 0.717) is 18.9 Å². The van der Waals surface area contributed by atoms with Crippen LogP contribution in [0.2, 0.25) is 0 Å². The second-order valence-corrected chi connectivity index (χ2v) is 6.74. The normalized spacial score (nSPS) is 19.4. The summed E-state index contributed by atoms with van der Waals surface area (Å²) in [4.78, 5) is 14.6. The molecule has 0 aromatic heterocycles. The fourth-order valence-corrected chi connectivity index (χ4v) is 3.53. The molecule has 1 saturated heterocycles. The maximum Gasteiger partial charge on any atom is 0.164 e. The summed E-state index contributed by atoms with van der Waals surface area (Å²) >= 11 is 0. The quantitative estimate of drug-likeness (QED) is 0.777. The van der Waals surface area contributed by atoms with Crippen molar-refractivity contribution in [2.24, 2.45) is 5.92 Å². The third kappa shape index (κ3) is 4.13. The molecule has 0 amide bonds. The minimum absolute atomic E-state index is 0.215. The minimum atomic E-state index is 0.215. The van der Waals surface area contributed by atoms with Crippen molar-refractivity contribution in [1.29, 1.82) is 0 Å². The zero-order valence-corrected chi connectivity index (χ0v) is 14.3. The Kier molecular flexibility index (Phi) is 5.48. The molecule has 0 radical (unpaired) electrons. The molecule has 0 spiro atoms. The Hall–Kier alpha value is -1.91. The van der Waals surface area contributed by atoms with Gasteiger partial charge in [0.25, 0.3) is 0 Å². The van der Waals surface area contributed by atoms with Crippen molar-refractivity contribution in [2.45, 2.75) is 26.2 Å². The van der Waals surface area contributed by atoms with Crippen LogP contribution in [0, 0.1) is 18.0 Å². The highest BCUT2D eigenvalue weighted by Gasteiger charge is 2.23. The molecule has 3 rings (SSSR count). The number of allylic oxidation sites excluding steroid dienone is 3. The minimum Gasteiger partial charge on any atom is -0.758 e. The summed E-state index contributed by atoms with van der Waals surface area (Å²) in [6.07, 6.45) is 8.39. The van der Waals surface area contributed by atoms with Gasteiger partial charge in [0.15, 0.2) is 5.78 Å². The number of hydroxylamine groups is 2. The Morgan fingerprint density at radius 2 is 2.08 bits per heavy atom. The van der Waals surface area contributed by atoms with Crippen molar-refractivity contribution in [1.82, 2.24) is 9.96 Å². The van der Waals surface area contributed by atoms with Crippen molar-refractivity contribution in [3.05, 3.63) is 64.5 Å². The van der Waals surface area contributed by atoms with Crippen LogP contribution in [-0.4, -0.2) is 41.9 Å². The summed E-state index contributed by atoms with van der Waals surface area (Å²) in [5.74, 6) is 0.572. The lowest BCUT2D eigenvalue weighted by Gasteiger charge is -2.41. The smallest absolute Gasteiger partial charge is 0.164 e. The zero-order valence-electron chi connectivity index (χ0n) is 14.3. The third-order valence-corrected chi connectivity index (χ3v) is 4.96. The molecule has 1 aromatic rings. The van der Waals surface area contributed by atoms with Crippen LogP contribution in [0.15, 0.2) is 48.2 Å². The van der Waals surface area contributed by atoms with Crippen molar-refractivity contribution >= 4 is 5.78 Å². The van der Waals surface area contributed by atoms with E-state index in [-0.39, 0.29) is 5.78 Å². The van der Waals surface area contributed by atoms with Gasteiger partial charge in [-0.15, -0.1) is 0 Å². The van der Waals surface area contributed by atoms with E-state index in [9.17, 15) is 10.0 Å². The molecule has 1 aromatic carbocycles. The van der Waals surface area contributed by atoms with Crippen molar-refractivity contribution < 1.29 is 4.79 Å². The first kappa shape index (κ1) is 16.9. The molecule has 4 nitrogen and oxygen atoms in total. The molecule has 0 aliphatic carbocycles. The average molecular weight is 325 g/mol. The van der Waals surface area contributed by atoms with Gasteiger partial charge >= 0.3 is 0 Å². The molecule has 1 fully saturated rings. The number of ketones is 1. The number of piperidine rings is 1. The van der Waals surface area contributed by atoms with Gasteiger partial charge in [-0.25, -0.2) is 0 Å². The van der Waals surface area contributed by atoms with Crippen LogP contribution in [0.3, 0.4) is 0 Å². The lowest BCUT2D eigenvalue weighted by Crippen LogP contribution is -2.37. The van der Waals surface area contributed by atoms with Gasteiger partial charge in [0.05, 0.1) is 0 Å². The molecule has 0 N–H and O–H groups in total. The van der Waals surface area contributed by atoms with Gasteiger partial charge in [0.1, 0.15) is 0 Å². The monoisotopic (exact) mass is 325 g/mol. The summed E-state index contributed by atoms with van der Waals surface area (Å²) < 4.78 is 0. The van der Waals surface area contributed by atoms with Crippen LogP contribution in [0.1, 0.15) is 35.2 Å². The highest BCUT2D eigenvalue weighted by Crippen LogP contribution is 2.28. The van der Waals surface area contributed by atoms with Gasteiger partial charge in [-0.3, -0.25) is 4.79 Å². The number of Topliss-reactive ketones (excluding diaryl/α,β-unsaturated/α-hetero) is 1. The summed E-state index contributed by atoms with van der Waals surface area (Å²) in [6, 6.07) is 7.80. The van der Waals surface area contributed by atoms with E-state index in [1.807, 2.05) is 49.4 Å². The largest absolute Gasteiger partial charge is 0.758 e. The molecule has 0 atom stereocenters. The lowest BCUT2D eigenvalue weighted by molar-refractivity contribution is 0.0952. The number of carbonyl (C=O) groups is 1. The predicted octanol–water partition coefficient (Wildman–Crippen LogP) is 3.53. The maximum absolute atomic E-state index is 12.3. The molecule has 24 heavy (non-hydrogen) atoms. The van der Waals surface area contributed by atoms with E-state index in [1.54, 1.807) is 0 Å². The molecular weight excluding hydrogens is 300 g/mol. The van der Waals surface area contributed by atoms with E-state index >= 15 is 0 Å². The molecule has 0 unspecified atom stereocenters. The summed E-state index contributed by atoms with van der Waals surface area (Å²) in [5, 5.41) is 13.0. The first-order valence-corrected chi connectivity index (χ1v) is 8.77. The highest BCUT2D eigenvalue weighted by atomic mass is 16.5. The molecule has 0 saturated carbocycles. The van der Waals surface area contributed by atoms with Gasteiger partial charge in [-0.1, -0.05) is 35.9 Å². The summed E-state index contributed by atoms with van der Waals surface area (Å²) in [6.45, 7) is 5.20. The molecule has 2 aliphatic heterocycles.